The minimum Gasteiger partial charge on any atom is -0.507 e. The monoisotopic (exact) mass is 189 g/mol. The Balaban J connectivity index is 2.76. The largest absolute Gasteiger partial charge is 0.507 e. The Hall–Kier alpha value is -2.10. The number of carbonyl (C=O) groups is 2. The van der Waals surface area contributed by atoms with Gasteiger partial charge in [-0.25, -0.2) is 0 Å². The van der Waals surface area contributed by atoms with Crippen molar-refractivity contribution in [2.45, 2.75) is 0 Å². The van der Waals surface area contributed by atoms with E-state index in [1.54, 1.807) is 0 Å². The van der Waals surface area contributed by atoms with Gasteiger partial charge < -0.3 is 10.8 Å². The van der Waals surface area contributed by atoms with Crippen molar-refractivity contribution in [1.29, 1.82) is 0 Å². The number of rotatable bonds is 0. The molecule has 70 valence electrons. The molecule has 0 atom stereocenters. The molecule has 0 spiro atoms. The third-order valence-electron chi connectivity index (χ3n) is 2.08. The zero-order valence-electron chi connectivity index (χ0n) is 7.15. The molecule has 1 aromatic rings. The van der Waals surface area contributed by atoms with Crippen molar-refractivity contribution in [3.05, 3.63) is 41.1 Å². The zero-order chi connectivity index (χ0) is 10.3. The molecule has 0 unspecified atom stereocenters. The lowest BCUT2D eigenvalue weighted by atomic mass is 9.92. The number of carbonyl (C=O) groups excluding carboxylic acids is 2. The molecular formula is C10H7NO3. The van der Waals surface area contributed by atoms with Crippen molar-refractivity contribution in [1.82, 2.24) is 0 Å². The Labute approximate surface area is 79.7 Å². The number of ketones is 2. The number of hydrogen-bond donors (Lipinski definition) is 2. The molecule has 0 saturated carbocycles. The molecule has 1 aliphatic carbocycles. The van der Waals surface area contributed by atoms with Crippen LogP contribution < -0.4 is 5.73 Å². The third kappa shape index (κ3) is 1.01. The van der Waals surface area contributed by atoms with E-state index in [1.165, 1.54) is 18.2 Å². The van der Waals surface area contributed by atoms with Gasteiger partial charge in [0.2, 0.25) is 5.78 Å². The summed E-state index contributed by atoms with van der Waals surface area (Å²) in [4.78, 5) is 22.9. The quantitative estimate of drug-likeness (QED) is 0.626. The summed E-state index contributed by atoms with van der Waals surface area (Å²) < 4.78 is 0. The van der Waals surface area contributed by atoms with Crippen LogP contribution in [0.5, 0.6) is 5.75 Å². The summed E-state index contributed by atoms with van der Waals surface area (Å²) in [6.45, 7) is 0. The van der Waals surface area contributed by atoms with Gasteiger partial charge in [0.1, 0.15) is 5.75 Å². The lowest BCUT2D eigenvalue weighted by molar-refractivity contribution is 0.0980. The summed E-state index contributed by atoms with van der Waals surface area (Å²) in [5.41, 5.74) is 5.39. The lowest BCUT2D eigenvalue weighted by Crippen LogP contribution is -2.21. The fraction of sp³-hybridized carbons (Fsp3) is 0. The molecule has 3 N–H and O–H groups in total. The highest BCUT2D eigenvalue weighted by Crippen LogP contribution is 2.26. The Kier molecular flexibility index (Phi) is 1.64. The Morgan fingerprint density at radius 1 is 1.21 bits per heavy atom. The lowest BCUT2D eigenvalue weighted by Gasteiger charge is -2.12. The third-order valence-corrected chi connectivity index (χ3v) is 2.08. The predicted molar refractivity (Wildman–Crippen MR) is 49.0 cm³/mol. The highest BCUT2D eigenvalue weighted by atomic mass is 16.3. The maximum Gasteiger partial charge on any atom is 0.213 e. The van der Waals surface area contributed by atoms with E-state index in [9.17, 15) is 14.7 Å². The molecule has 0 aliphatic heterocycles. The highest BCUT2D eigenvalue weighted by Gasteiger charge is 2.26. The molecule has 0 fully saturated rings. The van der Waals surface area contributed by atoms with Crippen LogP contribution in [-0.2, 0) is 0 Å². The Morgan fingerprint density at radius 2 is 1.93 bits per heavy atom. The number of Topliss-reactive ketones (excluding diaryl/α,β-unsaturated/α-hetero) is 1. The van der Waals surface area contributed by atoms with Crippen LogP contribution in [-0.4, -0.2) is 16.7 Å². The van der Waals surface area contributed by atoms with E-state index >= 15 is 0 Å². The molecule has 0 bridgehead atoms. The highest BCUT2D eigenvalue weighted by molar-refractivity contribution is 6.25. The minimum absolute atomic E-state index is 0.00231. The van der Waals surface area contributed by atoms with E-state index in [4.69, 9.17) is 5.73 Å². The number of benzene rings is 1. The van der Waals surface area contributed by atoms with E-state index in [-0.39, 0.29) is 28.4 Å². The number of allylic oxidation sites excluding steroid dienone is 2. The van der Waals surface area contributed by atoms with E-state index in [1.807, 2.05) is 0 Å². The molecule has 0 heterocycles. The van der Waals surface area contributed by atoms with Gasteiger partial charge in [0.25, 0.3) is 0 Å². The Bertz CT molecular complexity index is 474. The molecule has 0 aromatic heterocycles. The first-order valence-electron chi connectivity index (χ1n) is 3.99. The molecule has 1 aromatic carbocycles. The van der Waals surface area contributed by atoms with Crippen LogP contribution in [0.1, 0.15) is 20.7 Å². The number of aromatic hydroxyl groups is 1. The number of phenols is 1. The van der Waals surface area contributed by atoms with E-state index < -0.39 is 5.78 Å². The summed E-state index contributed by atoms with van der Waals surface area (Å²) in [6.07, 6.45) is 1.07. The number of phenolic OH excluding ortho intramolecular Hbond substituents is 1. The van der Waals surface area contributed by atoms with Gasteiger partial charge in [-0.1, -0.05) is 12.1 Å². The van der Waals surface area contributed by atoms with Crippen molar-refractivity contribution in [2.24, 2.45) is 5.73 Å². The standard InChI is InChI=1S/C10H7NO3/c11-6-4-8(13)5-2-1-3-7(12)9(5)10(6)14/h1-4,12H,11H2. The van der Waals surface area contributed by atoms with Gasteiger partial charge >= 0.3 is 0 Å². The van der Waals surface area contributed by atoms with Gasteiger partial charge in [-0.05, 0) is 6.07 Å². The molecule has 2 rings (SSSR count). The van der Waals surface area contributed by atoms with Crippen molar-refractivity contribution in [3.8, 4) is 5.75 Å². The van der Waals surface area contributed by atoms with Crippen LogP contribution in [0.2, 0.25) is 0 Å². The normalized spacial score (nSPS) is 15.0. The molecule has 14 heavy (non-hydrogen) atoms. The summed E-state index contributed by atoms with van der Waals surface area (Å²) in [5.74, 6) is -1.07. The number of fused-ring (bicyclic) bond motifs is 1. The predicted octanol–water partition coefficient (Wildman–Crippen LogP) is 0.614. The van der Waals surface area contributed by atoms with Crippen LogP contribution in [0.3, 0.4) is 0 Å². The van der Waals surface area contributed by atoms with Crippen molar-refractivity contribution in [3.63, 3.8) is 0 Å². The van der Waals surface area contributed by atoms with Crippen molar-refractivity contribution >= 4 is 11.6 Å². The van der Waals surface area contributed by atoms with Gasteiger partial charge in [0.05, 0.1) is 11.3 Å². The van der Waals surface area contributed by atoms with E-state index in [2.05, 4.69) is 0 Å². The van der Waals surface area contributed by atoms with E-state index in [0.29, 0.717) is 0 Å². The summed E-state index contributed by atoms with van der Waals surface area (Å²) in [6, 6.07) is 4.34. The molecule has 0 radical (unpaired) electrons. The Morgan fingerprint density at radius 3 is 2.64 bits per heavy atom. The summed E-state index contributed by atoms with van der Waals surface area (Å²) >= 11 is 0. The maximum atomic E-state index is 11.5. The van der Waals surface area contributed by atoms with Gasteiger partial charge in [-0.2, -0.15) is 0 Å². The fourth-order valence-electron chi connectivity index (χ4n) is 1.41. The van der Waals surface area contributed by atoms with Crippen LogP contribution >= 0.6 is 0 Å². The first-order chi connectivity index (χ1) is 6.61. The molecule has 4 heteroatoms. The van der Waals surface area contributed by atoms with Crippen molar-refractivity contribution < 1.29 is 14.7 Å². The molecule has 0 amide bonds. The maximum absolute atomic E-state index is 11.5. The fourth-order valence-corrected chi connectivity index (χ4v) is 1.41. The van der Waals surface area contributed by atoms with Crippen LogP contribution in [0.4, 0.5) is 0 Å². The smallest absolute Gasteiger partial charge is 0.213 e. The summed E-state index contributed by atoms with van der Waals surface area (Å²) in [5, 5.41) is 9.41. The molecule has 1 aliphatic rings. The van der Waals surface area contributed by atoms with E-state index in [0.717, 1.165) is 6.08 Å². The SMILES string of the molecule is NC1=CC(=O)c2cccc(O)c2C1=O. The van der Waals surface area contributed by atoms with Gasteiger partial charge in [0, 0.05) is 11.6 Å². The number of hydrogen-bond acceptors (Lipinski definition) is 4. The average Bonchev–Trinajstić information content (AvgIpc) is 2.14. The summed E-state index contributed by atoms with van der Waals surface area (Å²) in [7, 11) is 0. The zero-order valence-corrected chi connectivity index (χ0v) is 7.15. The van der Waals surface area contributed by atoms with Gasteiger partial charge in [-0.3, -0.25) is 9.59 Å². The van der Waals surface area contributed by atoms with Crippen LogP contribution in [0.15, 0.2) is 30.0 Å². The van der Waals surface area contributed by atoms with Gasteiger partial charge in [0.15, 0.2) is 5.78 Å². The average molecular weight is 189 g/mol. The van der Waals surface area contributed by atoms with Crippen LogP contribution in [0, 0.1) is 0 Å². The second-order valence-electron chi connectivity index (χ2n) is 2.99. The van der Waals surface area contributed by atoms with Crippen LogP contribution in [0.25, 0.3) is 0 Å². The molecular weight excluding hydrogens is 182 g/mol. The molecule has 0 saturated heterocycles. The minimum atomic E-state index is -0.502. The number of nitrogens with two attached hydrogens (primary N) is 1. The van der Waals surface area contributed by atoms with Crippen molar-refractivity contribution in [2.75, 3.05) is 0 Å². The first-order valence-corrected chi connectivity index (χ1v) is 3.99. The second-order valence-corrected chi connectivity index (χ2v) is 2.99. The molecule has 4 nitrogen and oxygen atoms in total. The topological polar surface area (TPSA) is 80.4 Å². The van der Waals surface area contributed by atoms with Gasteiger partial charge in [-0.15, -0.1) is 0 Å². The first kappa shape index (κ1) is 8.50. The second kappa shape index (κ2) is 2.70.